The zero-order chi connectivity index (χ0) is 10.6. The minimum Gasteiger partial charge on any atom is -0.310 e. The zero-order valence-corrected chi connectivity index (χ0v) is 11.4. The van der Waals surface area contributed by atoms with Gasteiger partial charge in [0, 0.05) is 11.5 Å². The summed E-state index contributed by atoms with van der Waals surface area (Å²) in [6.45, 7) is 5.23. The molecule has 0 saturated carbocycles. The minimum absolute atomic E-state index is 0.525. The molecule has 0 amide bonds. The van der Waals surface area contributed by atoms with Crippen LogP contribution < -0.4 is 0 Å². The van der Waals surface area contributed by atoms with Crippen LogP contribution in [0.3, 0.4) is 0 Å². The van der Waals surface area contributed by atoms with Crippen molar-refractivity contribution in [2.75, 3.05) is 36.2 Å². The molecule has 0 aliphatic rings. The van der Waals surface area contributed by atoms with Gasteiger partial charge in [-0.3, -0.25) is 4.57 Å². The molecule has 0 N–H and O–H groups in total. The van der Waals surface area contributed by atoms with Crippen molar-refractivity contribution in [3.63, 3.8) is 0 Å². The van der Waals surface area contributed by atoms with Gasteiger partial charge in [-0.05, 0) is 11.5 Å². The second-order valence-electron chi connectivity index (χ2n) is 2.34. The summed E-state index contributed by atoms with van der Waals surface area (Å²) in [6.07, 6.45) is 0. The van der Waals surface area contributed by atoms with Crippen molar-refractivity contribution in [3.8, 4) is 0 Å². The third-order valence-electron chi connectivity index (χ3n) is 1.30. The second kappa shape index (κ2) is 11.9. The van der Waals surface area contributed by atoms with Gasteiger partial charge in [-0.1, -0.05) is 13.8 Å². The van der Waals surface area contributed by atoms with Gasteiger partial charge in [0.1, 0.15) is 0 Å². The average molecular weight is 258 g/mol. The molecular formula is C8H19O3PS2. The van der Waals surface area contributed by atoms with E-state index in [0.29, 0.717) is 13.2 Å². The van der Waals surface area contributed by atoms with Gasteiger partial charge < -0.3 is 9.05 Å². The summed E-state index contributed by atoms with van der Waals surface area (Å²) in [5, 5.41) is 0. The van der Waals surface area contributed by atoms with Crippen molar-refractivity contribution in [2.45, 2.75) is 13.8 Å². The van der Waals surface area contributed by atoms with E-state index in [2.05, 4.69) is 13.8 Å². The highest BCUT2D eigenvalue weighted by Gasteiger charge is 1.98. The summed E-state index contributed by atoms with van der Waals surface area (Å²) < 4.78 is 21.1. The Bertz CT molecular complexity index is 133. The molecule has 86 valence electrons. The lowest BCUT2D eigenvalue weighted by atomic mass is 10.9. The highest BCUT2D eigenvalue weighted by Crippen LogP contribution is 2.23. The second-order valence-corrected chi connectivity index (χ2v) is 6.21. The highest BCUT2D eigenvalue weighted by molar-refractivity contribution is 7.99. The quantitative estimate of drug-likeness (QED) is 0.445. The Labute approximate surface area is 95.6 Å². The van der Waals surface area contributed by atoms with E-state index in [1.54, 1.807) is 23.5 Å². The van der Waals surface area contributed by atoms with E-state index in [-0.39, 0.29) is 0 Å². The lowest BCUT2D eigenvalue weighted by Gasteiger charge is -2.04. The molecule has 0 aromatic carbocycles. The molecule has 14 heavy (non-hydrogen) atoms. The molecule has 0 atom stereocenters. The number of thioether (sulfide) groups is 2. The summed E-state index contributed by atoms with van der Waals surface area (Å²) in [5.41, 5.74) is 0. The first kappa shape index (κ1) is 14.8. The number of rotatable bonds is 10. The number of hydrogen-bond donors (Lipinski definition) is 0. The van der Waals surface area contributed by atoms with E-state index in [1.807, 2.05) is 0 Å². The largest absolute Gasteiger partial charge is 0.319 e. The summed E-state index contributed by atoms with van der Waals surface area (Å²) in [4.78, 5) is 0. The molecule has 0 unspecified atom stereocenters. The highest BCUT2D eigenvalue weighted by atomic mass is 32.2. The van der Waals surface area contributed by atoms with Crippen LogP contribution in [0.5, 0.6) is 0 Å². The van der Waals surface area contributed by atoms with Gasteiger partial charge in [0.2, 0.25) is 0 Å². The van der Waals surface area contributed by atoms with Gasteiger partial charge >= 0.3 is 8.25 Å². The smallest absolute Gasteiger partial charge is 0.310 e. The van der Waals surface area contributed by atoms with Crippen LogP contribution in [0.4, 0.5) is 0 Å². The van der Waals surface area contributed by atoms with Crippen molar-refractivity contribution in [3.05, 3.63) is 0 Å². The maximum Gasteiger partial charge on any atom is 0.319 e. The molecule has 6 heteroatoms. The Morgan fingerprint density at radius 2 is 1.43 bits per heavy atom. The molecule has 0 radical (unpaired) electrons. The SMILES string of the molecule is CCSCCO[PH](=O)OCCSCC. The van der Waals surface area contributed by atoms with E-state index in [9.17, 15) is 4.57 Å². The predicted octanol–water partition coefficient (Wildman–Crippen LogP) is 2.92. The van der Waals surface area contributed by atoms with E-state index in [4.69, 9.17) is 9.05 Å². The van der Waals surface area contributed by atoms with E-state index < -0.39 is 8.25 Å². The summed E-state index contributed by atoms with van der Waals surface area (Å²) >= 11 is 3.55. The first-order valence-electron chi connectivity index (χ1n) is 4.76. The molecule has 0 saturated heterocycles. The fourth-order valence-electron chi connectivity index (χ4n) is 0.698. The third-order valence-corrected chi connectivity index (χ3v) is 3.91. The Hall–Kier alpha value is 0.850. The molecule has 0 spiro atoms. The van der Waals surface area contributed by atoms with Gasteiger partial charge in [-0.25, -0.2) is 0 Å². The molecule has 0 rings (SSSR count). The summed E-state index contributed by atoms with van der Waals surface area (Å²) in [6, 6.07) is 0. The standard InChI is InChI=1S/C8H19O3PS2/c1-3-13-7-5-10-12(9)11-6-8-14-4-2/h12H,3-8H2,1-2H3. The van der Waals surface area contributed by atoms with Crippen LogP contribution >= 0.6 is 31.8 Å². The normalized spacial score (nSPS) is 11.1. The topological polar surface area (TPSA) is 35.5 Å². The predicted molar refractivity (Wildman–Crippen MR) is 66.9 cm³/mol. The van der Waals surface area contributed by atoms with Crippen molar-refractivity contribution in [2.24, 2.45) is 0 Å². The first-order valence-corrected chi connectivity index (χ1v) is 8.29. The van der Waals surface area contributed by atoms with Gasteiger partial charge in [-0.2, -0.15) is 23.5 Å². The number of hydrogen-bond acceptors (Lipinski definition) is 5. The maximum atomic E-state index is 11.1. The van der Waals surface area contributed by atoms with Crippen LogP contribution in [-0.4, -0.2) is 36.2 Å². The van der Waals surface area contributed by atoms with Crippen molar-refractivity contribution >= 4 is 31.8 Å². The van der Waals surface area contributed by atoms with Gasteiger partial charge in [0.05, 0.1) is 13.2 Å². The van der Waals surface area contributed by atoms with E-state index in [1.165, 1.54) is 0 Å². The summed E-state index contributed by atoms with van der Waals surface area (Å²) in [7, 11) is -2.23. The van der Waals surface area contributed by atoms with Crippen LogP contribution in [0.25, 0.3) is 0 Å². The Kier molecular flexibility index (Phi) is 12.6. The minimum atomic E-state index is -2.23. The van der Waals surface area contributed by atoms with Crippen molar-refractivity contribution in [1.29, 1.82) is 0 Å². The molecule has 0 heterocycles. The molecular weight excluding hydrogens is 239 g/mol. The van der Waals surface area contributed by atoms with Gasteiger partial charge in [-0.15, -0.1) is 0 Å². The van der Waals surface area contributed by atoms with E-state index in [0.717, 1.165) is 23.0 Å². The zero-order valence-electron chi connectivity index (χ0n) is 8.78. The monoisotopic (exact) mass is 258 g/mol. The van der Waals surface area contributed by atoms with Crippen LogP contribution in [0.2, 0.25) is 0 Å². The van der Waals surface area contributed by atoms with Gasteiger partial charge in [0.25, 0.3) is 0 Å². The fourth-order valence-corrected chi connectivity index (χ4v) is 2.59. The Morgan fingerprint density at radius 1 is 1.00 bits per heavy atom. The van der Waals surface area contributed by atoms with Crippen LogP contribution in [-0.2, 0) is 13.6 Å². The lowest BCUT2D eigenvalue weighted by molar-refractivity contribution is 0.246. The van der Waals surface area contributed by atoms with Gasteiger partial charge in [0.15, 0.2) is 0 Å². The summed E-state index contributed by atoms with van der Waals surface area (Å²) in [5.74, 6) is 3.91. The first-order chi connectivity index (χ1) is 6.81. The van der Waals surface area contributed by atoms with Crippen LogP contribution in [0.1, 0.15) is 13.8 Å². The van der Waals surface area contributed by atoms with Crippen LogP contribution in [0, 0.1) is 0 Å². The molecule has 0 bridgehead atoms. The maximum absolute atomic E-state index is 11.1. The third kappa shape index (κ3) is 10.9. The molecule has 0 aliphatic carbocycles. The Morgan fingerprint density at radius 3 is 1.79 bits per heavy atom. The average Bonchev–Trinajstić information content (AvgIpc) is 2.19. The van der Waals surface area contributed by atoms with Crippen molar-refractivity contribution in [1.82, 2.24) is 0 Å². The molecule has 0 aliphatic heterocycles. The fraction of sp³-hybridized carbons (Fsp3) is 1.00. The van der Waals surface area contributed by atoms with Crippen LogP contribution in [0.15, 0.2) is 0 Å². The molecule has 3 nitrogen and oxygen atoms in total. The molecule has 0 fully saturated rings. The lowest BCUT2D eigenvalue weighted by Crippen LogP contribution is -1.95. The molecule has 0 aromatic rings. The van der Waals surface area contributed by atoms with E-state index >= 15 is 0 Å². The molecule has 0 aromatic heterocycles. The van der Waals surface area contributed by atoms with Crippen molar-refractivity contribution < 1.29 is 13.6 Å². The Balaban J connectivity index is 3.11.